The summed E-state index contributed by atoms with van der Waals surface area (Å²) in [5, 5.41) is 2.88. The van der Waals surface area contributed by atoms with Crippen LogP contribution >= 0.6 is 34.8 Å². The van der Waals surface area contributed by atoms with Crippen molar-refractivity contribution >= 4 is 52.4 Å². The highest BCUT2D eigenvalue weighted by Crippen LogP contribution is 2.31. The molecule has 0 aliphatic heterocycles. The molecule has 0 aliphatic rings. The minimum absolute atomic E-state index is 0.0109. The minimum Gasteiger partial charge on any atom is -0.452 e. The van der Waals surface area contributed by atoms with E-state index < -0.39 is 18.5 Å². The predicted octanol–water partition coefficient (Wildman–Crippen LogP) is 4.75. The van der Waals surface area contributed by atoms with Crippen LogP contribution in [0.15, 0.2) is 36.4 Å². The SMILES string of the molecule is Cc1cccc(NC(=O)COC(=O)c2c(Cl)ccc(Cl)c2Cl)c1. The molecule has 2 rings (SSSR count). The van der Waals surface area contributed by atoms with Crippen molar-refractivity contribution in [3.05, 3.63) is 62.6 Å². The van der Waals surface area contributed by atoms with E-state index in [4.69, 9.17) is 39.5 Å². The average molecular weight is 373 g/mol. The van der Waals surface area contributed by atoms with Crippen molar-refractivity contribution in [2.75, 3.05) is 11.9 Å². The molecule has 0 bridgehead atoms. The van der Waals surface area contributed by atoms with Crippen LogP contribution in [0.5, 0.6) is 0 Å². The molecule has 4 nitrogen and oxygen atoms in total. The van der Waals surface area contributed by atoms with Crippen LogP contribution in [0.2, 0.25) is 15.1 Å². The van der Waals surface area contributed by atoms with Gasteiger partial charge in [0.15, 0.2) is 6.61 Å². The number of carbonyl (C=O) groups excluding carboxylic acids is 2. The molecule has 0 saturated carbocycles. The van der Waals surface area contributed by atoms with Crippen molar-refractivity contribution in [2.45, 2.75) is 6.92 Å². The Hall–Kier alpha value is -1.75. The molecule has 0 fully saturated rings. The molecule has 23 heavy (non-hydrogen) atoms. The zero-order valence-corrected chi connectivity index (χ0v) is 14.3. The number of carbonyl (C=O) groups is 2. The summed E-state index contributed by atoms with van der Waals surface area (Å²) in [5.74, 6) is -1.29. The van der Waals surface area contributed by atoms with E-state index in [2.05, 4.69) is 5.32 Å². The average Bonchev–Trinajstić information content (AvgIpc) is 2.49. The molecular formula is C16H12Cl3NO3. The van der Waals surface area contributed by atoms with Gasteiger partial charge in [0.2, 0.25) is 0 Å². The van der Waals surface area contributed by atoms with Gasteiger partial charge in [-0.2, -0.15) is 0 Å². The summed E-state index contributed by atoms with van der Waals surface area (Å²) in [6.45, 7) is 1.44. The topological polar surface area (TPSA) is 55.4 Å². The number of rotatable bonds is 4. The molecule has 0 unspecified atom stereocenters. The maximum Gasteiger partial charge on any atom is 0.341 e. The maximum atomic E-state index is 12.0. The van der Waals surface area contributed by atoms with Crippen molar-refractivity contribution in [3.8, 4) is 0 Å². The number of benzene rings is 2. The lowest BCUT2D eigenvalue weighted by atomic mass is 10.2. The van der Waals surface area contributed by atoms with Crippen LogP contribution in [0.3, 0.4) is 0 Å². The third kappa shape index (κ3) is 4.61. The second kappa shape index (κ2) is 7.68. The number of hydrogen-bond acceptors (Lipinski definition) is 3. The number of esters is 1. The van der Waals surface area contributed by atoms with E-state index >= 15 is 0 Å². The molecule has 0 aliphatic carbocycles. The third-order valence-electron chi connectivity index (χ3n) is 2.88. The van der Waals surface area contributed by atoms with Gasteiger partial charge in [-0.15, -0.1) is 0 Å². The first kappa shape index (κ1) is 17.6. The summed E-state index contributed by atoms with van der Waals surface area (Å²) in [6, 6.07) is 10.1. The monoisotopic (exact) mass is 371 g/mol. The van der Waals surface area contributed by atoms with E-state index in [-0.39, 0.29) is 20.6 Å². The zero-order chi connectivity index (χ0) is 17.0. The van der Waals surface area contributed by atoms with Crippen LogP contribution in [-0.2, 0) is 9.53 Å². The number of aryl methyl sites for hydroxylation is 1. The van der Waals surface area contributed by atoms with Gasteiger partial charge >= 0.3 is 5.97 Å². The van der Waals surface area contributed by atoms with Crippen LogP contribution < -0.4 is 5.32 Å². The van der Waals surface area contributed by atoms with E-state index in [0.717, 1.165) is 5.56 Å². The van der Waals surface area contributed by atoms with Crippen LogP contribution in [0.4, 0.5) is 5.69 Å². The summed E-state index contributed by atoms with van der Waals surface area (Å²) < 4.78 is 4.93. The Balaban J connectivity index is 1.99. The summed E-state index contributed by atoms with van der Waals surface area (Å²) in [7, 11) is 0. The number of hydrogen-bond donors (Lipinski definition) is 1. The van der Waals surface area contributed by atoms with Crippen LogP contribution in [-0.4, -0.2) is 18.5 Å². The Labute approximate surface area is 148 Å². The Bertz CT molecular complexity index is 762. The van der Waals surface area contributed by atoms with Gasteiger partial charge in [0.05, 0.1) is 20.6 Å². The molecule has 0 heterocycles. The fourth-order valence-electron chi connectivity index (χ4n) is 1.84. The van der Waals surface area contributed by atoms with Gasteiger partial charge in [-0.3, -0.25) is 4.79 Å². The molecule has 0 atom stereocenters. The third-order valence-corrected chi connectivity index (χ3v) is 4.00. The van der Waals surface area contributed by atoms with Gasteiger partial charge in [-0.1, -0.05) is 46.9 Å². The van der Waals surface area contributed by atoms with Crippen LogP contribution in [0.1, 0.15) is 15.9 Å². The summed E-state index contributed by atoms with van der Waals surface area (Å²) in [5.41, 5.74) is 1.55. The Morgan fingerprint density at radius 2 is 1.78 bits per heavy atom. The fourth-order valence-corrected chi connectivity index (χ4v) is 2.52. The van der Waals surface area contributed by atoms with Crippen molar-refractivity contribution in [1.29, 1.82) is 0 Å². The molecule has 1 N–H and O–H groups in total. The fraction of sp³-hybridized carbons (Fsp3) is 0.125. The Kier molecular flexibility index (Phi) is 5.88. The van der Waals surface area contributed by atoms with Gasteiger partial charge in [-0.05, 0) is 36.8 Å². The van der Waals surface area contributed by atoms with E-state index in [9.17, 15) is 9.59 Å². The molecule has 7 heteroatoms. The van der Waals surface area contributed by atoms with Crippen molar-refractivity contribution in [1.82, 2.24) is 0 Å². The lowest BCUT2D eigenvalue weighted by Crippen LogP contribution is -2.21. The van der Waals surface area contributed by atoms with E-state index in [0.29, 0.717) is 5.69 Å². The molecule has 2 aromatic carbocycles. The van der Waals surface area contributed by atoms with Gasteiger partial charge in [0.25, 0.3) is 5.91 Å². The first-order valence-electron chi connectivity index (χ1n) is 6.55. The number of nitrogens with one attached hydrogen (secondary N) is 1. The van der Waals surface area contributed by atoms with Crippen LogP contribution in [0.25, 0.3) is 0 Å². The van der Waals surface area contributed by atoms with Crippen molar-refractivity contribution < 1.29 is 14.3 Å². The van der Waals surface area contributed by atoms with E-state index in [1.165, 1.54) is 12.1 Å². The van der Waals surface area contributed by atoms with Gasteiger partial charge in [0, 0.05) is 5.69 Å². The molecule has 0 saturated heterocycles. The van der Waals surface area contributed by atoms with Gasteiger partial charge in [-0.25, -0.2) is 4.79 Å². The molecule has 0 radical (unpaired) electrons. The molecule has 0 aromatic heterocycles. The van der Waals surface area contributed by atoms with E-state index in [1.54, 1.807) is 12.1 Å². The highest BCUT2D eigenvalue weighted by Gasteiger charge is 2.19. The standard InChI is InChI=1S/C16H12Cl3NO3/c1-9-3-2-4-10(7-9)20-13(21)8-23-16(22)14-11(17)5-6-12(18)15(14)19/h2-7H,8H2,1H3,(H,20,21). The smallest absolute Gasteiger partial charge is 0.341 e. The lowest BCUT2D eigenvalue weighted by Gasteiger charge is -2.09. The molecular weight excluding hydrogens is 361 g/mol. The highest BCUT2D eigenvalue weighted by atomic mass is 35.5. The highest BCUT2D eigenvalue weighted by molar-refractivity contribution is 6.46. The summed E-state index contributed by atoms with van der Waals surface area (Å²) in [6.07, 6.45) is 0. The van der Waals surface area contributed by atoms with Crippen molar-refractivity contribution in [2.24, 2.45) is 0 Å². The van der Waals surface area contributed by atoms with Gasteiger partial charge < -0.3 is 10.1 Å². The number of anilines is 1. The molecule has 0 spiro atoms. The largest absolute Gasteiger partial charge is 0.452 e. The Morgan fingerprint density at radius 1 is 1.09 bits per heavy atom. The maximum absolute atomic E-state index is 12.0. The molecule has 1 amide bonds. The first-order chi connectivity index (χ1) is 10.9. The Morgan fingerprint density at radius 3 is 2.48 bits per heavy atom. The number of ether oxygens (including phenoxy) is 1. The number of amides is 1. The second-order valence-corrected chi connectivity index (χ2v) is 5.90. The lowest BCUT2D eigenvalue weighted by molar-refractivity contribution is -0.119. The van der Waals surface area contributed by atoms with Crippen LogP contribution in [0, 0.1) is 6.92 Å². The van der Waals surface area contributed by atoms with Gasteiger partial charge in [0.1, 0.15) is 0 Å². The summed E-state index contributed by atoms with van der Waals surface area (Å²) in [4.78, 5) is 23.8. The molecule has 120 valence electrons. The van der Waals surface area contributed by atoms with Crippen molar-refractivity contribution in [3.63, 3.8) is 0 Å². The van der Waals surface area contributed by atoms with E-state index in [1.807, 2.05) is 19.1 Å². The molecule has 2 aromatic rings. The summed E-state index contributed by atoms with van der Waals surface area (Å²) >= 11 is 17.7. The number of halogens is 3. The first-order valence-corrected chi connectivity index (χ1v) is 7.69. The zero-order valence-electron chi connectivity index (χ0n) is 12.0. The predicted molar refractivity (Wildman–Crippen MR) is 91.6 cm³/mol. The quantitative estimate of drug-likeness (QED) is 0.622. The minimum atomic E-state index is -0.818. The normalized spacial score (nSPS) is 10.3. The second-order valence-electron chi connectivity index (χ2n) is 4.71.